The Labute approximate surface area is 135 Å². The van der Waals surface area contributed by atoms with E-state index in [0.717, 1.165) is 37.7 Å². The third kappa shape index (κ3) is 3.94. The van der Waals surface area contributed by atoms with Crippen molar-refractivity contribution in [3.63, 3.8) is 0 Å². The third-order valence-electron chi connectivity index (χ3n) is 3.83. The standard InChI is InChI=1S/C18H22N4O/c1-19-18(21-11-9-15-5-4-12-23-15)20-10-8-14-13-22-17-7-3-2-6-16(14)17/h2-7,12-13,22H,8-11H2,1H3,(H2,19,20,21). The molecular formula is C18H22N4O. The Balaban J connectivity index is 1.45. The maximum atomic E-state index is 5.32. The molecule has 0 aliphatic carbocycles. The van der Waals surface area contributed by atoms with Gasteiger partial charge in [0.25, 0.3) is 0 Å². The van der Waals surface area contributed by atoms with Gasteiger partial charge in [-0.3, -0.25) is 4.99 Å². The maximum Gasteiger partial charge on any atom is 0.191 e. The van der Waals surface area contributed by atoms with Gasteiger partial charge in [0.1, 0.15) is 5.76 Å². The molecule has 0 unspecified atom stereocenters. The first kappa shape index (κ1) is 15.2. The fraction of sp³-hybridized carbons (Fsp3) is 0.278. The normalized spacial score (nSPS) is 11.8. The van der Waals surface area contributed by atoms with E-state index >= 15 is 0 Å². The highest BCUT2D eigenvalue weighted by Crippen LogP contribution is 2.17. The summed E-state index contributed by atoms with van der Waals surface area (Å²) >= 11 is 0. The Kier molecular flexibility index (Phi) is 4.99. The summed E-state index contributed by atoms with van der Waals surface area (Å²) in [6.45, 7) is 1.63. The lowest BCUT2D eigenvalue weighted by molar-refractivity contribution is 0.507. The number of hydrogen-bond donors (Lipinski definition) is 3. The molecule has 120 valence electrons. The van der Waals surface area contributed by atoms with Crippen molar-refractivity contribution < 1.29 is 4.42 Å². The van der Waals surface area contributed by atoms with Gasteiger partial charge in [-0.1, -0.05) is 18.2 Å². The van der Waals surface area contributed by atoms with Crippen LogP contribution in [0.15, 0.2) is 58.3 Å². The van der Waals surface area contributed by atoms with Crippen molar-refractivity contribution in [3.8, 4) is 0 Å². The number of guanidine groups is 1. The topological polar surface area (TPSA) is 65.3 Å². The Morgan fingerprint density at radius 3 is 2.70 bits per heavy atom. The number of aromatic amines is 1. The molecule has 0 aliphatic heterocycles. The van der Waals surface area contributed by atoms with Crippen LogP contribution >= 0.6 is 0 Å². The number of para-hydroxylation sites is 1. The van der Waals surface area contributed by atoms with Crippen LogP contribution < -0.4 is 10.6 Å². The highest BCUT2D eigenvalue weighted by atomic mass is 16.3. The predicted octanol–water partition coefficient (Wildman–Crippen LogP) is 2.71. The molecule has 1 aromatic carbocycles. The fourth-order valence-corrected chi connectivity index (χ4v) is 2.63. The minimum absolute atomic E-state index is 0.792. The summed E-state index contributed by atoms with van der Waals surface area (Å²) < 4.78 is 5.32. The minimum atomic E-state index is 0.792. The SMILES string of the molecule is CN=C(NCCc1ccco1)NCCc1c[nH]c2ccccc12. The number of fused-ring (bicyclic) bond motifs is 1. The molecule has 0 fully saturated rings. The van der Waals surface area contributed by atoms with Gasteiger partial charge >= 0.3 is 0 Å². The second-order valence-corrected chi connectivity index (χ2v) is 5.36. The van der Waals surface area contributed by atoms with Crippen molar-refractivity contribution in [3.05, 3.63) is 60.2 Å². The van der Waals surface area contributed by atoms with Crippen LogP contribution in [-0.4, -0.2) is 31.1 Å². The van der Waals surface area contributed by atoms with Crippen molar-refractivity contribution in [1.29, 1.82) is 0 Å². The fourth-order valence-electron chi connectivity index (χ4n) is 2.63. The van der Waals surface area contributed by atoms with E-state index < -0.39 is 0 Å². The summed E-state index contributed by atoms with van der Waals surface area (Å²) in [6, 6.07) is 12.3. The van der Waals surface area contributed by atoms with Crippen molar-refractivity contribution in [1.82, 2.24) is 15.6 Å². The number of benzene rings is 1. The largest absolute Gasteiger partial charge is 0.469 e. The monoisotopic (exact) mass is 310 g/mol. The van der Waals surface area contributed by atoms with E-state index in [1.807, 2.05) is 18.2 Å². The quantitative estimate of drug-likeness (QED) is 0.484. The summed E-state index contributed by atoms with van der Waals surface area (Å²) in [6.07, 6.45) is 5.57. The number of nitrogens with one attached hydrogen (secondary N) is 3. The Hall–Kier alpha value is -2.69. The predicted molar refractivity (Wildman–Crippen MR) is 93.8 cm³/mol. The number of aliphatic imine (C=N–C) groups is 1. The van der Waals surface area contributed by atoms with Crippen molar-refractivity contribution in [2.45, 2.75) is 12.8 Å². The number of rotatable bonds is 6. The molecule has 5 nitrogen and oxygen atoms in total. The van der Waals surface area contributed by atoms with E-state index in [9.17, 15) is 0 Å². The van der Waals surface area contributed by atoms with E-state index in [-0.39, 0.29) is 0 Å². The third-order valence-corrected chi connectivity index (χ3v) is 3.83. The zero-order chi connectivity index (χ0) is 15.9. The molecule has 0 saturated carbocycles. The Morgan fingerprint density at radius 2 is 1.91 bits per heavy atom. The molecule has 3 N–H and O–H groups in total. The van der Waals surface area contributed by atoms with Crippen LogP contribution in [0.4, 0.5) is 0 Å². The molecule has 0 radical (unpaired) electrons. The Morgan fingerprint density at radius 1 is 1.09 bits per heavy atom. The molecule has 2 heterocycles. The lowest BCUT2D eigenvalue weighted by atomic mass is 10.1. The molecule has 0 atom stereocenters. The zero-order valence-corrected chi connectivity index (χ0v) is 13.3. The summed E-state index contributed by atoms with van der Waals surface area (Å²) in [4.78, 5) is 7.55. The van der Waals surface area contributed by atoms with E-state index in [2.05, 4.69) is 45.0 Å². The van der Waals surface area contributed by atoms with Crippen LogP contribution in [0.25, 0.3) is 10.9 Å². The highest BCUT2D eigenvalue weighted by Gasteiger charge is 2.03. The van der Waals surface area contributed by atoms with Crippen LogP contribution in [0.3, 0.4) is 0 Å². The molecule has 0 spiro atoms. The molecule has 0 bridgehead atoms. The molecule has 0 saturated heterocycles. The number of H-pyrrole nitrogens is 1. The zero-order valence-electron chi connectivity index (χ0n) is 13.3. The number of hydrogen-bond acceptors (Lipinski definition) is 2. The molecule has 3 aromatic rings. The van der Waals surface area contributed by atoms with Crippen LogP contribution in [0.5, 0.6) is 0 Å². The summed E-state index contributed by atoms with van der Waals surface area (Å²) in [5.74, 6) is 1.79. The summed E-state index contributed by atoms with van der Waals surface area (Å²) in [5, 5.41) is 7.93. The summed E-state index contributed by atoms with van der Waals surface area (Å²) in [5.41, 5.74) is 2.50. The van der Waals surface area contributed by atoms with Gasteiger partial charge in [0.05, 0.1) is 6.26 Å². The van der Waals surface area contributed by atoms with Crippen molar-refractivity contribution >= 4 is 16.9 Å². The molecular weight excluding hydrogens is 288 g/mol. The second kappa shape index (κ2) is 7.54. The van der Waals surface area contributed by atoms with Gasteiger partial charge in [-0.2, -0.15) is 0 Å². The molecule has 3 rings (SSSR count). The first-order chi connectivity index (χ1) is 11.4. The van der Waals surface area contributed by atoms with Gasteiger partial charge in [-0.25, -0.2) is 0 Å². The lowest BCUT2D eigenvalue weighted by Gasteiger charge is -2.11. The highest BCUT2D eigenvalue weighted by molar-refractivity contribution is 5.83. The van der Waals surface area contributed by atoms with Crippen molar-refractivity contribution in [2.75, 3.05) is 20.1 Å². The first-order valence-electron chi connectivity index (χ1n) is 7.88. The molecule has 23 heavy (non-hydrogen) atoms. The maximum absolute atomic E-state index is 5.32. The van der Waals surface area contributed by atoms with Crippen LogP contribution in [0.2, 0.25) is 0 Å². The second-order valence-electron chi connectivity index (χ2n) is 5.36. The van der Waals surface area contributed by atoms with Gasteiger partial charge in [-0.05, 0) is 30.2 Å². The van der Waals surface area contributed by atoms with Crippen LogP contribution in [0.1, 0.15) is 11.3 Å². The smallest absolute Gasteiger partial charge is 0.191 e. The average Bonchev–Trinajstić information content (AvgIpc) is 3.23. The molecule has 0 aliphatic rings. The van der Waals surface area contributed by atoms with Gasteiger partial charge in [-0.15, -0.1) is 0 Å². The van der Waals surface area contributed by atoms with Crippen LogP contribution in [-0.2, 0) is 12.8 Å². The van der Waals surface area contributed by atoms with Crippen LogP contribution in [0, 0.1) is 0 Å². The summed E-state index contributed by atoms with van der Waals surface area (Å²) in [7, 11) is 1.79. The van der Waals surface area contributed by atoms with E-state index in [4.69, 9.17) is 4.42 Å². The van der Waals surface area contributed by atoms with Gasteiger partial charge in [0.2, 0.25) is 0 Å². The lowest BCUT2D eigenvalue weighted by Crippen LogP contribution is -2.39. The van der Waals surface area contributed by atoms with Gasteiger partial charge < -0.3 is 20.0 Å². The molecule has 5 heteroatoms. The Bertz CT molecular complexity index is 758. The van der Waals surface area contributed by atoms with Crippen molar-refractivity contribution in [2.24, 2.45) is 4.99 Å². The first-order valence-corrected chi connectivity index (χ1v) is 7.88. The number of furan rings is 1. The molecule has 2 aromatic heterocycles. The number of nitrogens with zero attached hydrogens (tertiary/aromatic N) is 1. The number of aromatic nitrogens is 1. The van der Waals surface area contributed by atoms with E-state index in [0.29, 0.717) is 0 Å². The van der Waals surface area contributed by atoms with E-state index in [1.54, 1.807) is 13.3 Å². The minimum Gasteiger partial charge on any atom is -0.469 e. The van der Waals surface area contributed by atoms with E-state index in [1.165, 1.54) is 16.5 Å². The van der Waals surface area contributed by atoms with Gasteiger partial charge in [0.15, 0.2) is 5.96 Å². The molecule has 0 amide bonds. The average molecular weight is 310 g/mol. The van der Waals surface area contributed by atoms with Gasteiger partial charge in [0, 0.05) is 43.7 Å².